The average molecular weight is 672 g/mol. The molecule has 0 aliphatic heterocycles. The number of hydrogen-bond acceptors (Lipinski definition) is 1. The largest absolute Gasteiger partial charge is 0.310 e. The normalized spacial score (nSPS) is 32.1. The van der Waals surface area contributed by atoms with E-state index in [1.807, 2.05) is 0 Å². The van der Waals surface area contributed by atoms with Crippen molar-refractivity contribution < 1.29 is 0 Å². The van der Waals surface area contributed by atoms with Crippen molar-refractivity contribution in [2.45, 2.75) is 68.6 Å². The van der Waals surface area contributed by atoms with Crippen molar-refractivity contribution in [2.24, 2.45) is 35.5 Å². The molecular formula is C51H45N. The molecular weight excluding hydrogens is 627 g/mol. The maximum Gasteiger partial charge on any atom is 0.0540 e. The van der Waals surface area contributed by atoms with E-state index < -0.39 is 0 Å². The second-order valence-corrected chi connectivity index (χ2v) is 18.1. The summed E-state index contributed by atoms with van der Waals surface area (Å²) in [6, 6.07) is 50.2. The molecule has 52 heavy (non-hydrogen) atoms. The SMILES string of the molecule is c1ccc2c(c1)-c1ccc(N(c3ccc4c(c3)-c3ccccc3C43C4CC5CC(C4)CC3C5)c3cccc4ccccc34)cc1C21CC2CCC1C2. The molecule has 3 unspecified atom stereocenters. The molecule has 0 radical (unpaired) electrons. The highest BCUT2D eigenvalue weighted by Crippen LogP contribution is 2.70. The molecule has 3 atom stereocenters. The maximum atomic E-state index is 2.64. The Kier molecular flexibility index (Phi) is 5.60. The second-order valence-electron chi connectivity index (χ2n) is 18.1. The second kappa shape index (κ2) is 10.1. The lowest BCUT2D eigenvalue weighted by Gasteiger charge is -2.61. The molecule has 0 aromatic heterocycles. The third-order valence-corrected chi connectivity index (χ3v) is 16.1. The summed E-state index contributed by atoms with van der Waals surface area (Å²) in [6.07, 6.45) is 12.7. The van der Waals surface area contributed by atoms with Gasteiger partial charge in [-0.15, -0.1) is 0 Å². The summed E-state index contributed by atoms with van der Waals surface area (Å²) in [5, 5.41) is 2.60. The molecule has 6 aromatic carbocycles. The monoisotopic (exact) mass is 671 g/mol. The molecule has 0 heterocycles. The minimum atomic E-state index is 0.151. The quantitative estimate of drug-likeness (QED) is 0.181. The first kappa shape index (κ1) is 28.9. The fourth-order valence-corrected chi connectivity index (χ4v) is 14.6. The van der Waals surface area contributed by atoms with Crippen molar-refractivity contribution >= 4 is 27.8 Å². The minimum Gasteiger partial charge on any atom is -0.310 e. The van der Waals surface area contributed by atoms with Crippen molar-refractivity contribution in [3.05, 3.63) is 150 Å². The lowest BCUT2D eigenvalue weighted by atomic mass is 9.43. The van der Waals surface area contributed by atoms with E-state index in [4.69, 9.17) is 0 Å². The van der Waals surface area contributed by atoms with Crippen molar-refractivity contribution in [3.8, 4) is 22.3 Å². The van der Waals surface area contributed by atoms with E-state index in [-0.39, 0.29) is 10.8 Å². The van der Waals surface area contributed by atoms with Crippen LogP contribution in [0.4, 0.5) is 17.1 Å². The Hall–Kier alpha value is -4.62. The van der Waals surface area contributed by atoms with Gasteiger partial charge in [0.15, 0.2) is 0 Å². The smallest absolute Gasteiger partial charge is 0.0540 e. The van der Waals surface area contributed by atoms with Crippen LogP contribution in [0.5, 0.6) is 0 Å². The fraction of sp³-hybridized carbons (Fsp3) is 0.333. The van der Waals surface area contributed by atoms with Gasteiger partial charge in [0, 0.05) is 27.6 Å². The molecule has 0 amide bonds. The van der Waals surface area contributed by atoms with Crippen LogP contribution in [0.3, 0.4) is 0 Å². The van der Waals surface area contributed by atoms with Crippen LogP contribution in [0.25, 0.3) is 33.0 Å². The van der Waals surface area contributed by atoms with Gasteiger partial charge in [-0.25, -0.2) is 0 Å². The van der Waals surface area contributed by atoms with E-state index in [9.17, 15) is 0 Å². The molecule has 14 rings (SSSR count). The molecule has 8 aliphatic rings. The molecule has 2 spiro atoms. The van der Waals surface area contributed by atoms with Gasteiger partial charge in [0.1, 0.15) is 0 Å². The zero-order valence-electron chi connectivity index (χ0n) is 29.9. The highest BCUT2D eigenvalue weighted by atomic mass is 15.1. The van der Waals surface area contributed by atoms with Gasteiger partial charge in [0.05, 0.1) is 5.69 Å². The maximum absolute atomic E-state index is 2.64. The molecule has 0 saturated heterocycles. The van der Waals surface area contributed by atoms with Crippen LogP contribution in [0.1, 0.15) is 80.0 Å². The standard InChI is InChI=1S/C51H45N/c1-2-10-40-34(8-1)9-7-15-49(40)52(39-18-20-43-41-11-3-5-13-45(41)50(48(43)29-39)30-31-16-17-35(50)23-31)38-19-21-47-44(28-38)42-12-4-6-14-46(42)51(47)36-24-32-22-33(26-36)27-37(51)25-32/h1-15,18-21,28-29,31-33,35-37H,16-17,22-27,30H2. The van der Waals surface area contributed by atoms with E-state index in [1.54, 1.807) is 22.3 Å². The summed E-state index contributed by atoms with van der Waals surface area (Å²) in [4.78, 5) is 2.62. The van der Waals surface area contributed by atoms with Crippen LogP contribution in [0.2, 0.25) is 0 Å². The van der Waals surface area contributed by atoms with Crippen LogP contribution < -0.4 is 4.90 Å². The van der Waals surface area contributed by atoms with Crippen molar-refractivity contribution in [1.29, 1.82) is 0 Å². The highest BCUT2D eigenvalue weighted by Gasteiger charge is 2.62. The first-order valence-corrected chi connectivity index (χ1v) is 20.5. The zero-order chi connectivity index (χ0) is 33.8. The Balaban J connectivity index is 1.04. The van der Waals surface area contributed by atoms with Crippen LogP contribution in [-0.2, 0) is 10.8 Å². The van der Waals surface area contributed by atoms with Crippen LogP contribution in [0.15, 0.2) is 127 Å². The molecule has 8 aliphatic carbocycles. The molecule has 1 nitrogen and oxygen atoms in total. The van der Waals surface area contributed by atoms with E-state index in [1.165, 1.54) is 108 Å². The van der Waals surface area contributed by atoms with Gasteiger partial charge >= 0.3 is 0 Å². The number of hydrogen-bond donors (Lipinski definition) is 0. The summed E-state index contributed by atoms with van der Waals surface area (Å²) in [6.45, 7) is 0. The van der Waals surface area contributed by atoms with Crippen LogP contribution in [0, 0.1) is 35.5 Å². The van der Waals surface area contributed by atoms with Gasteiger partial charge in [-0.2, -0.15) is 0 Å². The Morgan fingerprint density at radius 3 is 1.87 bits per heavy atom. The molecule has 254 valence electrons. The fourth-order valence-electron chi connectivity index (χ4n) is 14.6. The van der Waals surface area contributed by atoms with E-state index in [2.05, 4.69) is 132 Å². The van der Waals surface area contributed by atoms with Crippen molar-refractivity contribution in [1.82, 2.24) is 0 Å². The van der Waals surface area contributed by atoms with Crippen molar-refractivity contribution in [3.63, 3.8) is 0 Å². The van der Waals surface area contributed by atoms with Gasteiger partial charge in [-0.1, -0.05) is 103 Å². The summed E-state index contributed by atoms with van der Waals surface area (Å²) in [7, 11) is 0. The lowest BCUT2D eigenvalue weighted by Crippen LogP contribution is -2.55. The van der Waals surface area contributed by atoms with Gasteiger partial charge in [0.2, 0.25) is 0 Å². The van der Waals surface area contributed by atoms with Crippen molar-refractivity contribution in [2.75, 3.05) is 4.90 Å². The number of benzene rings is 6. The Morgan fingerprint density at radius 1 is 0.442 bits per heavy atom. The Morgan fingerprint density at radius 2 is 1.08 bits per heavy atom. The first-order chi connectivity index (χ1) is 25.7. The Labute approximate surface area is 307 Å². The summed E-state index contributed by atoms with van der Waals surface area (Å²) in [5.74, 6) is 5.07. The minimum absolute atomic E-state index is 0.151. The average Bonchev–Trinajstić information content (AvgIpc) is 3.94. The lowest BCUT2D eigenvalue weighted by molar-refractivity contribution is -0.0399. The van der Waals surface area contributed by atoms with Gasteiger partial charge < -0.3 is 4.90 Å². The van der Waals surface area contributed by atoms with Gasteiger partial charge in [-0.05, 0) is 167 Å². The van der Waals surface area contributed by atoms with Gasteiger partial charge in [0.25, 0.3) is 0 Å². The van der Waals surface area contributed by atoms with E-state index >= 15 is 0 Å². The molecule has 1 heteroatoms. The first-order valence-electron chi connectivity index (χ1n) is 20.5. The summed E-state index contributed by atoms with van der Waals surface area (Å²) < 4.78 is 0. The number of anilines is 3. The predicted molar refractivity (Wildman–Crippen MR) is 214 cm³/mol. The number of rotatable bonds is 3. The zero-order valence-corrected chi connectivity index (χ0v) is 29.9. The molecule has 0 N–H and O–H groups in total. The van der Waals surface area contributed by atoms with Crippen LogP contribution >= 0.6 is 0 Å². The molecule has 6 saturated carbocycles. The van der Waals surface area contributed by atoms with E-state index in [0.29, 0.717) is 0 Å². The predicted octanol–water partition coefficient (Wildman–Crippen LogP) is 13.1. The summed E-state index contributed by atoms with van der Waals surface area (Å²) in [5.41, 5.74) is 16.6. The number of nitrogens with zero attached hydrogens (tertiary/aromatic N) is 1. The van der Waals surface area contributed by atoms with E-state index in [0.717, 1.165) is 35.5 Å². The highest BCUT2D eigenvalue weighted by molar-refractivity contribution is 6.00. The Bertz CT molecular complexity index is 2450. The molecule has 6 fully saturated rings. The van der Waals surface area contributed by atoms with Gasteiger partial charge in [-0.3, -0.25) is 0 Å². The third kappa shape index (κ3) is 3.47. The van der Waals surface area contributed by atoms with Crippen LogP contribution in [-0.4, -0.2) is 0 Å². The molecule has 6 aromatic rings. The summed E-state index contributed by atoms with van der Waals surface area (Å²) >= 11 is 0. The number of fused-ring (bicyclic) bond motifs is 12. The molecule has 6 bridgehead atoms. The third-order valence-electron chi connectivity index (χ3n) is 16.1. The topological polar surface area (TPSA) is 3.24 Å².